The van der Waals surface area contributed by atoms with Crippen molar-refractivity contribution in [2.75, 3.05) is 6.61 Å². The first-order chi connectivity index (χ1) is 11.5. The van der Waals surface area contributed by atoms with E-state index in [2.05, 4.69) is 20.8 Å². The van der Waals surface area contributed by atoms with Crippen LogP contribution in [0.5, 0.6) is 0 Å². The third kappa shape index (κ3) is 4.36. The van der Waals surface area contributed by atoms with E-state index in [1.807, 2.05) is 6.92 Å². The normalized spacial score (nSPS) is 37.2. The largest absolute Gasteiger partial charge is 0.481 e. The summed E-state index contributed by atoms with van der Waals surface area (Å²) < 4.78 is 5.25. The van der Waals surface area contributed by atoms with Gasteiger partial charge in [-0.1, -0.05) is 27.2 Å². The van der Waals surface area contributed by atoms with Gasteiger partial charge in [0, 0.05) is 0 Å². The molecule has 0 heterocycles. The molecule has 0 aromatic heterocycles. The Morgan fingerprint density at radius 3 is 2.40 bits per heavy atom. The van der Waals surface area contributed by atoms with Gasteiger partial charge in [-0.05, 0) is 61.7 Å². The fraction of sp³-hybridized carbons (Fsp3) is 0.900. The number of fused-ring (bicyclic) bond motifs is 1. The molecule has 5 nitrogen and oxygen atoms in total. The van der Waals surface area contributed by atoms with Crippen LogP contribution in [0, 0.1) is 22.7 Å². The van der Waals surface area contributed by atoms with Crippen LogP contribution in [0.2, 0.25) is 0 Å². The average Bonchev–Trinajstić information content (AvgIpc) is 2.46. The molecular weight excluding hydrogens is 320 g/mol. The molecule has 0 bridgehead atoms. The number of rotatable bonds is 6. The van der Waals surface area contributed by atoms with Crippen molar-refractivity contribution in [2.45, 2.75) is 84.7 Å². The smallest absolute Gasteiger partial charge is 0.306 e. The highest BCUT2D eigenvalue weighted by Gasteiger charge is 2.57. The van der Waals surface area contributed by atoms with Gasteiger partial charge < -0.3 is 14.9 Å². The summed E-state index contributed by atoms with van der Waals surface area (Å²) in [6.45, 7) is 9.17. The van der Waals surface area contributed by atoms with E-state index in [0.717, 1.165) is 19.3 Å². The summed E-state index contributed by atoms with van der Waals surface area (Å²) >= 11 is 0. The molecule has 2 N–H and O–H groups in total. The second-order valence-electron chi connectivity index (χ2n) is 9.25. The van der Waals surface area contributed by atoms with Gasteiger partial charge in [-0.15, -0.1) is 0 Å². The van der Waals surface area contributed by atoms with E-state index in [1.165, 1.54) is 12.8 Å². The van der Waals surface area contributed by atoms with Crippen LogP contribution in [0.15, 0.2) is 0 Å². The topological polar surface area (TPSA) is 83.8 Å². The van der Waals surface area contributed by atoms with Crippen LogP contribution < -0.4 is 0 Å². The van der Waals surface area contributed by atoms with Crippen LogP contribution in [0.3, 0.4) is 0 Å². The minimum Gasteiger partial charge on any atom is -0.481 e. The lowest BCUT2D eigenvalue weighted by atomic mass is 9.45. The second kappa shape index (κ2) is 7.26. The van der Waals surface area contributed by atoms with Gasteiger partial charge in [0.1, 0.15) is 0 Å². The summed E-state index contributed by atoms with van der Waals surface area (Å²) in [4.78, 5) is 22.2. The molecule has 0 amide bonds. The zero-order chi connectivity index (χ0) is 18.9. The fourth-order valence-electron chi connectivity index (χ4n) is 5.84. The van der Waals surface area contributed by atoms with Gasteiger partial charge in [0.05, 0.1) is 25.0 Å². The van der Waals surface area contributed by atoms with Crippen LogP contribution in [0.4, 0.5) is 0 Å². The van der Waals surface area contributed by atoms with E-state index >= 15 is 0 Å². The van der Waals surface area contributed by atoms with E-state index in [1.54, 1.807) is 0 Å². The van der Waals surface area contributed by atoms with Crippen LogP contribution in [0.1, 0.15) is 79.1 Å². The molecule has 4 atom stereocenters. The lowest BCUT2D eigenvalue weighted by Crippen LogP contribution is -2.57. The van der Waals surface area contributed by atoms with Gasteiger partial charge in [0.15, 0.2) is 0 Å². The van der Waals surface area contributed by atoms with Gasteiger partial charge in [-0.25, -0.2) is 0 Å². The number of carbonyl (C=O) groups excluding carboxylic acids is 1. The van der Waals surface area contributed by atoms with Crippen LogP contribution >= 0.6 is 0 Å². The fourth-order valence-corrected chi connectivity index (χ4v) is 5.84. The molecule has 25 heavy (non-hydrogen) atoms. The Labute approximate surface area is 151 Å². The second-order valence-corrected chi connectivity index (χ2v) is 9.25. The molecule has 2 aliphatic carbocycles. The number of esters is 1. The van der Waals surface area contributed by atoms with Crippen molar-refractivity contribution >= 4 is 11.9 Å². The van der Waals surface area contributed by atoms with Crippen molar-refractivity contribution in [1.29, 1.82) is 0 Å². The summed E-state index contributed by atoms with van der Waals surface area (Å²) in [5.41, 5.74) is -0.414. The number of hydrogen-bond acceptors (Lipinski definition) is 4. The van der Waals surface area contributed by atoms with Crippen molar-refractivity contribution in [3.8, 4) is 0 Å². The third-order valence-corrected chi connectivity index (χ3v) is 6.97. The highest BCUT2D eigenvalue weighted by Crippen LogP contribution is 2.62. The first kappa shape index (κ1) is 20.2. The molecular formula is C20H34O5. The summed E-state index contributed by atoms with van der Waals surface area (Å²) in [6, 6.07) is 0. The van der Waals surface area contributed by atoms with E-state index in [-0.39, 0.29) is 36.2 Å². The Balaban J connectivity index is 2.03. The quantitative estimate of drug-likeness (QED) is 0.709. The highest BCUT2D eigenvalue weighted by atomic mass is 16.5. The molecule has 2 fully saturated rings. The molecule has 1 unspecified atom stereocenters. The first-order valence-corrected chi connectivity index (χ1v) is 9.59. The Kier molecular flexibility index (Phi) is 5.87. The minimum absolute atomic E-state index is 0.0526. The molecule has 0 aromatic carbocycles. The molecule has 144 valence electrons. The molecule has 2 aliphatic rings. The van der Waals surface area contributed by atoms with E-state index < -0.39 is 17.5 Å². The summed E-state index contributed by atoms with van der Waals surface area (Å²) in [5.74, 6) is -0.803. The Morgan fingerprint density at radius 2 is 1.76 bits per heavy atom. The minimum atomic E-state index is -0.994. The van der Waals surface area contributed by atoms with Gasteiger partial charge in [-0.2, -0.15) is 0 Å². The average molecular weight is 354 g/mol. The number of aliphatic hydroxyl groups is 1. The van der Waals surface area contributed by atoms with E-state index in [9.17, 15) is 14.7 Å². The maximum Gasteiger partial charge on any atom is 0.306 e. The van der Waals surface area contributed by atoms with Gasteiger partial charge in [-0.3, -0.25) is 9.59 Å². The lowest BCUT2D eigenvalue weighted by molar-refractivity contribution is -0.175. The number of ether oxygens (including phenoxy) is 1. The third-order valence-electron chi connectivity index (χ3n) is 6.97. The Bertz CT molecular complexity index is 510. The molecule has 2 rings (SSSR count). The summed E-state index contributed by atoms with van der Waals surface area (Å²) in [7, 11) is 0. The van der Waals surface area contributed by atoms with E-state index in [4.69, 9.17) is 9.84 Å². The van der Waals surface area contributed by atoms with Crippen molar-refractivity contribution in [3.63, 3.8) is 0 Å². The maximum atomic E-state index is 11.7. The Morgan fingerprint density at radius 1 is 1.08 bits per heavy atom. The molecule has 2 saturated carbocycles. The van der Waals surface area contributed by atoms with Crippen molar-refractivity contribution in [3.05, 3.63) is 0 Å². The predicted molar refractivity (Wildman–Crippen MR) is 95.0 cm³/mol. The summed E-state index contributed by atoms with van der Waals surface area (Å²) in [5, 5.41) is 19.7. The molecule has 0 aliphatic heterocycles. The van der Waals surface area contributed by atoms with Crippen molar-refractivity contribution in [1.82, 2.24) is 0 Å². The predicted octanol–water partition coefficient (Wildman–Crippen LogP) is 3.78. The molecule has 0 saturated heterocycles. The molecule has 0 radical (unpaired) electrons. The van der Waals surface area contributed by atoms with Gasteiger partial charge in [0.25, 0.3) is 0 Å². The first-order valence-electron chi connectivity index (χ1n) is 9.59. The Hall–Kier alpha value is -1.10. The number of aliphatic carboxylic acids is 1. The van der Waals surface area contributed by atoms with Crippen molar-refractivity contribution in [2.24, 2.45) is 22.7 Å². The zero-order valence-electron chi connectivity index (χ0n) is 16.1. The standard InChI is InChI=1S/C20H34O5/c1-18(2)10-5-11-19(3)14(18)8-12-20(4,24)15(19)9-13-25-17(23)7-6-16(21)22/h14-15,24H,5-13H2,1-4H3,(H,21,22)/t14?,15-,19+,20-/m1/s1. The number of carboxylic acids is 1. The molecule has 0 aromatic rings. The number of hydrogen-bond donors (Lipinski definition) is 2. The lowest BCUT2D eigenvalue weighted by Gasteiger charge is -2.61. The summed E-state index contributed by atoms with van der Waals surface area (Å²) in [6.07, 6.45) is 5.68. The number of carbonyl (C=O) groups is 2. The van der Waals surface area contributed by atoms with Crippen LogP contribution in [0.25, 0.3) is 0 Å². The maximum absolute atomic E-state index is 11.7. The number of carboxylic acid groups (broad SMARTS) is 1. The van der Waals surface area contributed by atoms with Gasteiger partial charge in [0.2, 0.25) is 0 Å². The van der Waals surface area contributed by atoms with Crippen LogP contribution in [-0.2, 0) is 14.3 Å². The SMILES string of the molecule is CC1(C)CCC[C@@]2(C)C1CC[C@@](C)(O)[C@@H]2CCOC(=O)CCC(=O)O. The van der Waals surface area contributed by atoms with Crippen LogP contribution in [-0.4, -0.2) is 34.4 Å². The highest BCUT2D eigenvalue weighted by molar-refractivity contribution is 5.76. The molecule has 0 spiro atoms. The van der Waals surface area contributed by atoms with Crippen molar-refractivity contribution < 1.29 is 24.5 Å². The van der Waals surface area contributed by atoms with E-state index in [0.29, 0.717) is 12.3 Å². The van der Waals surface area contributed by atoms with Gasteiger partial charge >= 0.3 is 11.9 Å². The zero-order valence-corrected chi connectivity index (χ0v) is 16.1. The molecule has 5 heteroatoms. The monoisotopic (exact) mass is 354 g/mol.